The van der Waals surface area contributed by atoms with Gasteiger partial charge in [-0.25, -0.2) is 0 Å². The third-order valence-electron chi connectivity index (χ3n) is 4.79. The van der Waals surface area contributed by atoms with Gasteiger partial charge < -0.3 is 0 Å². The molecule has 4 rings (SSSR count). The molecule has 0 N–H and O–H groups in total. The number of nitro benzene ring substituents is 1. The Morgan fingerprint density at radius 1 is 0.889 bits per heavy atom. The molecule has 0 aromatic heterocycles. The van der Waals surface area contributed by atoms with Crippen LogP contribution in [-0.4, -0.2) is 10.6 Å². The number of non-ortho nitro benzene ring substituents is 1. The van der Waals surface area contributed by atoms with E-state index in [-0.39, 0.29) is 16.7 Å². The summed E-state index contributed by atoms with van der Waals surface area (Å²) in [5.41, 5.74) is 4.32. The van der Waals surface area contributed by atoms with E-state index < -0.39 is 0 Å². The first kappa shape index (κ1) is 17.0. The zero-order valence-corrected chi connectivity index (χ0v) is 14.7. The monoisotopic (exact) mass is 357 g/mol. The molecule has 1 atom stereocenters. The second kappa shape index (κ2) is 7.41. The van der Waals surface area contributed by atoms with Crippen LogP contribution in [0.3, 0.4) is 0 Å². The molecule has 3 aromatic carbocycles. The zero-order valence-electron chi connectivity index (χ0n) is 14.7. The Hall–Kier alpha value is -3.47. The number of hydrogen-bond donors (Lipinski definition) is 0. The van der Waals surface area contributed by atoms with Crippen molar-refractivity contribution in [2.45, 2.75) is 18.9 Å². The van der Waals surface area contributed by atoms with E-state index in [2.05, 4.69) is 12.1 Å². The van der Waals surface area contributed by atoms with Crippen LogP contribution in [0.4, 0.5) is 11.4 Å². The Morgan fingerprint density at radius 3 is 2.15 bits per heavy atom. The molecule has 0 fully saturated rings. The molecule has 0 saturated heterocycles. The van der Waals surface area contributed by atoms with Crippen LogP contribution in [0.1, 0.15) is 30.0 Å². The van der Waals surface area contributed by atoms with Crippen LogP contribution in [-0.2, 0) is 0 Å². The highest BCUT2D eigenvalue weighted by Gasteiger charge is 2.27. The number of benzene rings is 3. The number of para-hydroxylation sites is 1. The van der Waals surface area contributed by atoms with Gasteiger partial charge in [0.2, 0.25) is 0 Å². The first-order chi connectivity index (χ1) is 13.2. The van der Waals surface area contributed by atoms with Gasteiger partial charge in [0.25, 0.3) is 5.69 Å². The lowest BCUT2D eigenvalue weighted by molar-refractivity contribution is -0.384. The molecule has 1 aliphatic heterocycles. The molecule has 3 aromatic rings. The van der Waals surface area contributed by atoms with Gasteiger partial charge in [0.1, 0.15) is 0 Å². The molecule has 0 amide bonds. The number of nitro groups is 1. The third-order valence-corrected chi connectivity index (χ3v) is 4.79. The van der Waals surface area contributed by atoms with Crippen molar-refractivity contribution in [1.82, 2.24) is 0 Å². The van der Waals surface area contributed by atoms with Gasteiger partial charge >= 0.3 is 0 Å². The summed E-state index contributed by atoms with van der Waals surface area (Å²) in [4.78, 5) is 10.6. The minimum atomic E-state index is -0.370. The number of nitrogens with zero attached hydrogens (tertiary/aromatic N) is 3. The summed E-state index contributed by atoms with van der Waals surface area (Å²) in [5, 5.41) is 17.9. The van der Waals surface area contributed by atoms with Crippen molar-refractivity contribution >= 4 is 17.1 Å². The average Bonchev–Trinajstić information content (AvgIpc) is 2.75. The van der Waals surface area contributed by atoms with E-state index in [1.807, 2.05) is 65.7 Å². The molecule has 5 heteroatoms. The van der Waals surface area contributed by atoms with Gasteiger partial charge in [-0.2, -0.15) is 5.10 Å². The number of hydrogen-bond acceptors (Lipinski definition) is 4. The molecular formula is C22H19N3O2. The highest BCUT2D eigenvalue weighted by molar-refractivity contribution is 6.01. The summed E-state index contributed by atoms with van der Waals surface area (Å²) in [5.74, 6) is 0. The Labute approximate surface area is 157 Å². The largest absolute Gasteiger partial charge is 0.269 e. The summed E-state index contributed by atoms with van der Waals surface area (Å²) in [6, 6.07) is 27.1. The van der Waals surface area contributed by atoms with E-state index in [1.165, 1.54) is 0 Å². The van der Waals surface area contributed by atoms with Crippen molar-refractivity contribution < 1.29 is 4.92 Å². The fraction of sp³-hybridized carbons (Fsp3) is 0.136. The normalized spacial score (nSPS) is 16.7. The van der Waals surface area contributed by atoms with Gasteiger partial charge in [-0.15, -0.1) is 0 Å². The lowest BCUT2D eigenvalue weighted by Gasteiger charge is -2.34. The summed E-state index contributed by atoms with van der Waals surface area (Å²) in [6.45, 7) is 0. The first-order valence-electron chi connectivity index (χ1n) is 8.94. The van der Waals surface area contributed by atoms with Crippen LogP contribution in [0.15, 0.2) is 90.0 Å². The Balaban J connectivity index is 1.73. The van der Waals surface area contributed by atoms with Gasteiger partial charge in [0, 0.05) is 12.1 Å². The summed E-state index contributed by atoms with van der Waals surface area (Å²) < 4.78 is 0. The molecule has 1 heterocycles. The van der Waals surface area contributed by atoms with Gasteiger partial charge in [-0.3, -0.25) is 15.1 Å². The average molecular weight is 357 g/mol. The fourth-order valence-electron chi connectivity index (χ4n) is 3.42. The van der Waals surface area contributed by atoms with Crippen LogP contribution in [0.5, 0.6) is 0 Å². The number of hydrazone groups is 1. The number of rotatable bonds is 4. The van der Waals surface area contributed by atoms with Crippen LogP contribution < -0.4 is 5.01 Å². The molecule has 27 heavy (non-hydrogen) atoms. The smallest absolute Gasteiger partial charge is 0.258 e. The van der Waals surface area contributed by atoms with Crippen molar-refractivity contribution in [3.8, 4) is 0 Å². The standard InChI is InChI=1S/C22H19N3O2/c26-25(27)20-13-11-18(12-14-20)22-16-15-21(17-7-3-1-4-8-17)23-24(22)19-9-5-2-6-10-19/h1-14,22H,15-16H2. The third kappa shape index (κ3) is 3.58. The highest BCUT2D eigenvalue weighted by Crippen LogP contribution is 2.36. The summed E-state index contributed by atoms with van der Waals surface area (Å²) in [7, 11) is 0. The molecule has 134 valence electrons. The van der Waals surface area contributed by atoms with E-state index in [0.717, 1.165) is 35.4 Å². The molecule has 0 spiro atoms. The Morgan fingerprint density at radius 2 is 1.52 bits per heavy atom. The van der Waals surface area contributed by atoms with Crippen LogP contribution in [0.2, 0.25) is 0 Å². The van der Waals surface area contributed by atoms with Gasteiger partial charge in [-0.05, 0) is 36.1 Å². The maximum atomic E-state index is 10.9. The molecule has 5 nitrogen and oxygen atoms in total. The predicted molar refractivity (Wildman–Crippen MR) is 107 cm³/mol. The minimum absolute atomic E-state index is 0.0423. The van der Waals surface area contributed by atoms with E-state index >= 15 is 0 Å². The minimum Gasteiger partial charge on any atom is -0.258 e. The van der Waals surface area contributed by atoms with Crippen molar-refractivity contribution in [3.63, 3.8) is 0 Å². The second-order valence-corrected chi connectivity index (χ2v) is 6.50. The van der Waals surface area contributed by atoms with Crippen molar-refractivity contribution in [2.24, 2.45) is 5.10 Å². The Bertz CT molecular complexity index is 954. The maximum absolute atomic E-state index is 10.9. The molecular weight excluding hydrogens is 338 g/mol. The van der Waals surface area contributed by atoms with E-state index in [4.69, 9.17) is 5.10 Å². The molecule has 0 radical (unpaired) electrons. The lowest BCUT2D eigenvalue weighted by Crippen LogP contribution is -2.30. The molecule has 1 unspecified atom stereocenters. The fourth-order valence-corrected chi connectivity index (χ4v) is 3.42. The quantitative estimate of drug-likeness (QED) is 0.468. The van der Waals surface area contributed by atoms with E-state index in [9.17, 15) is 10.1 Å². The lowest BCUT2D eigenvalue weighted by atomic mass is 9.95. The van der Waals surface area contributed by atoms with Gasteiger partial charge in [0.15, 0.2) is 0 Å². The van der Waals surface area contributed by atoms with Crippen LogP contribution in [0, 0.1) is 10.1 Å². The summed E-state index contributed by atoms with van der Waals surface area (Å²) >= 11 is 0. The highest BCUT2D eigenvalue weighted by atomic mass is 16.6. The first-order valence-corrected chi connectivity index (χ1v) is 8.94. The maximum Gasteiger partial charge on any atom is 0.269 e. The molecule has 0 saturated carbocycles. The number of anilines is 1. The molecule has 1 aliphatic rings. The topological polar surface area (TPSA) is 58.7 Å². The SMILES string of the molecule is O=[N+]([O-])c1ccc(C2CCC(c3ccccc3)=NN2c2ccccc2)cc1. The van der Waals surface area contributed by atoms with E-state index in [1.54, 1.807) is 12.1 Å². The Kier molecular flexibility index (Phi) is 4.66. The van der Waals surface area contributed by atoms with Crippen LogP contribution >= 0.6 is 0 Å². The van der Waals surface area contributed by atoms with Gasteiger partial charge in [-0.1, -0.05) is 60.7 Å². The second-order valence-electron chi connectivity index (χ2n) is 6.50. The molecule has 0 aliphatic carbocycles. The van der Waals surface area contributed by atoms with Crippen molar-refractivity contribution in [3.05, 3.63) is 106 Å². The van der Waals surface area contributed by atoms with Crippen molar-refractivity contribution in [2.75, 3.05) is 5.01 Å². The van der Waals surface area contributed by atoms with Crippen LogP contribution in [0.25, 0.3) is 0 Å². The van der Waals surface area contributed by atoms with E-state index in [0.29, 0.717) is 0 Å². The van der Waals surface area contributed by atoms with Crippen molar-refractivity contribution in [1.29, 1.82) is 0 Å². The van der Waals surface area contributed by atoms with Gasteiger partial charge in [0.05, 0.1) is 22.4 Å². The summed E-state index contributed by atoms with van der Waals surface area (Å²) in [6.07, 6.45) is 1.75. The zero-order chi connectivity index (χ0) is 18.6. The molecule has 0 bridgehead atoms. The predicted octanol–water partition coefficient (Wildman–Crippen LogP) is 5.34.